The van der Waals surface area contributed by atoms with Gasteiger partial charge < -0.3 is 9.22 Å². The van der Waals surface area contributed by atoms with Crippen molar-refractivity contribution in [1.82, 2.24) is 9.55 Å². The van der Waals surface area contributed by atoms with Gasteiger partial charge in [-0.05, 0) is 13.8 Å². The SMILES string of the molecule is CB(OC(C)C)c1nccn1C. The first-order valence-corrected chi connectivity index (χ1v) is 4.24. The van der Waals surface area contributed by atoms with Gasteiger partial charge in [-0.1, -0.05) is 6.82 Å². The summed E-state index contributed by atoms with van der Waals surface area (Å²) in [6.45, 7) is 6.14. The van der Waals surface area contributed by atoms with Crippen molar-refractivity contribution >= 4 is 12.6 Å². The van der Waals surface area contributed by atoms with Crippen LogP contribution in [0.1, 0.15) is 13.8 Å². The van der Waals surface area contributed by atoms with E-state index in [1.807, 2.05) is 38.5 Å². The Morgan fingerprint density at radius 3 is 2.67 bits per heavy atom. The zero-order valence-electron chi connectivity index (χ0n) is 8.11. The molecule has 0 aliphatic rings. The van der Waals surface area contributed by atoms with Crippen molar-refractivity contribution in [3.8, 4) is 0 Å². The van der Waals surface area contributed by atoms with E-state index >= 15 is 0 Å². The molecular weight excluding hydrogens is 151 g/mol. The maximum absolute atomic E-state index is 5.59. The molecule has 0 spiro atoms. The van der Waals surface area contributed by atoms with Crippen molar-refractivity contribution in [2.24, 2.45) is 7.05 Å². The van der Waals surface area contributed by atoms with Gasteiger partial charge in [0.25, 0.3) is 0 Å². The third kappa shape index (κ3) is 2.11. The summed E-state index contributed by atoms with van der Waals surface area (Å²) in [6, 6.07) is 0. The Balaban J connectivity index is 2.65. The molecule has 1 aromatic rings. The predicted octanol–water partition coefficient (Wildman–Crippen LogP) is 0.673. The fourth-order valence-corrected chi connectivity index (χ4v) is 1.24. The molecule has 0 aliphatic carbocycles. The summed E-state index contributed by atoms with van der Waals surface area (Å²) >= 11 is 0. The van der Waals surface area contributed by atoms with Gasteiger partial charge in [0.05, 0.1) is 0 Å². The van der Waals surface area contributed by atoms with E-state index in [0.29, 0.717) is 0 Å². The quantitative estimate of drug-likeness (QED) is 0.617. The first kappa shape index (κ1) is 9.32. The molecular formula is C8H15BN2O. The molecule has 0 saturated heterocycles. The lowest BCUT2D eigenvalue weighted by molar-refractivity contribution is 0.249. The maximum atomic E-state index is 5.59. The van der Waals surface area contributed by atoms with Gasteiger partial charge >= 0.3 is 6.92 Å². The Morgan fingerprint density at radius 1 is 1.58 bits per heavy atom. The number of hydrogen-bond acceptors (Lipinski definition) is 2. The molecule has 0 bridgehead atoms. The van der Waals surface area contributed by atoms with E-state index in [0.717, 1.165) is 5.72 Å². The minimum Gasteiger partial charge on any atom is -0.426 e. The molecule has 0 fully saturated rings. The number of nitrogens with zero attached hydrogens (tertiary/aromatic N) is 2. The van der Waals surface area contributed by atoms with Crippen molar-refractivity contribution in [3.05, 3.63) is 12.4 Å². The molecule has 0 radical (unpaired) electrons. The molecule has 0 unspecified atom stereocenters. The van der Waals surface area contributed by atoms with Crippen LogP contribution in [0.5, 0.6) is 0 Å². The van der Waals surface area contributed by atoms with Crippen molar-refractivity contribution in [2.75, 3.05) is 0 Å². The Morgan fingerprint density at radius 2 is 2.25 bits per heavy atom. The second kappa shape index (κ2) is 3.76. The van der Waals surface area contributed by atoms with E-state index in [9.17, 15) is 0 Å². The highest BCUT2D eigenvalue weighted by atomic mass is 16.4. The third-order valence-electron chi connectivity index (χ3n) is 1.70. The van der Waals surface area contributed by atoms with Crippen LogP contribution in [0, 0.1) is 0 Å². The zero-order valence-corrected chi connectivity index (χ0v) is 8.11. The molecule has 1 rings (SSSR count). The standard InChI is InChI=1S/C8H15BN2O/c1-7(2)12-9(3)8-10-5-6-11(8)4/h5-7H,1-4H3. The smallest absolute Gasteiger partial charge is 0.365 e. The van der Waals surface area contributed by atoms with Gasteiger partial charge in [-0.2, -0.15) is 0 Å². The molecule has 0 saturated carbocycles. The number of rotatable bonds is 3. The summed E-state index contributed by atoms with van der Waals surface area (Å²) in [4.78, 5) is 4.21. The van der Waals surface area contributed by atoms with Crippen LogP contribution < -0.4 is 5.72 Å². The summed E-state index contributed by atoms with van der Waals surface area (Å²) in [6.07, 6.45) is 3.96. The third-order valence-corrected chi connectivity index (χ3v) is 1.70. The van der Waals surface area contributed by atoms with E-state index in [1.54, 1.807) is 6.20 Å². The fourth-order valence-electron chi connectivity index (χ4n) is 1.24. The average Bonchev–Trinajstić information content (AvgIpc) is 2.33. The Kier molecular flexibility index (Phi) is 2.92. The summed E-state index contributed by atoms with van der Waals surface area (Å²) < 4.78 is 7.57. The minimum atomic E-state index is 0.0741. The molecule has 0 aromatic carbocycles. The number of hydrogen-bond donors (Lipinski definition) is 0. The minimum absolute atomic E-state index is 0.0741. The lowest BCUT2D eigenvalue weighted by atomic mass is 9.70. The molecule has 12 heavy (non-hydrogen) atoms. The molecule has 3 nitrogen and oxygen atoms in total. The topological polar surface area (TPSA) is 27.1 Å². The maximum Gasteiger partial charge on any atom is 0.365 e. The Labute approximate surface area is 73.9 Å². The molecule has 1 aromatic heterocycles. The average molecular weight is 166 g/mol. The van der Waals surface area contributed by atoms with Gasteiger partial charge in [0.2, 0.25) is 0 Å². The van der Waals surface area contributed by atoms with Crippen LogP contribution in [-0.4, -0.2) is 22.6 Å². The monoisotopic (exact) mass is 166 g/mol. The van der Waals surface area contributed by atoms with Crippen molar-refractivity contribution in [2.45, 2.75) is 26.8 Å². The molecule has 0 N–H and O–H groups in total. The molecule has 66 valence electrons. The summed E-state index contributed by atoms with van der Waals surface area (Å²) in [5, 5.41) is 0. The van der Waals surface area contributed by atoms with Gasteiger partial charge in [0, 0.05) is 25.5 Å². The molecule has 1 heterocycles. The number of aromatic nitrogens is 2. The highest BCUT2D eigenvalue weighted by molar-refractivity contribution is 6.64. The van der Waals surface area contributed by atoms with E-state index < -0.39 is 0 Å². The Hall–Kier alpha value is -0.765. The van der Waals surface area contributed by atoms with Crippen LogP contribution in [-0.2, 0) is 11.7 Å². The summed E-state index contributed by atoms with van der Waals surface area (Å²) in [7, 11) is 1.97. The van der Waals surface area contributed by atoms with Crippen molar-refractivity contribution < 1.29 is 4.65 Å². The lowest BCUT2D eigenvalue weighted by Crippen LogP contribution is -2.38. The lowest BCUT2D eigenvalue weighted by Gasteiger charge is -2.12. The van der Waals surface area contributed by atoms with Gasteiger partial charge in [0.1, 0.15) is 5.72 Å². The van der Waals surface area contributed by atoms with Crippen LogP contribution in [0.3, 0.4) is 0 Å². The predicted molar refractivity (Wildman–Crippen MR) is 50.7 cm³/mol. The van der Waals surface area contributed by atoms with E-state index in [-0.39, 0.29) is 13.0 Å². The van der Waals surface area contributed by atoms with Crippen LogP contribution in [0.25, 0.3) is 0 Å². The van der Waals surface area contributed by atoms with Crippen molar-refractivity contribution in [3.63, 3.8) is 0 Å². The first-order chi connectivity index (χ1) is 5.61. The highest BCUT2D eigenvalue weighted by Gasteiger charge is 2.17. The Bertz CT molecular complexity index is 247. The van der Waals surface area contributed by atoms with Gasteiger partial charge in [-0.3, -0.25) is 0 Å². The number of aryl methyl sites for hydroxylation is 1. The summed E-state index contributed by atoms with van der Waals surface area (Å²) in [5.41, 5.74) is 0.976. The van der Waals surface area contributed by atoms with Crippen LogP contribution in [0.2, 0.25) is 6.82 Å². The molecule has 0 aliphatic heterocycles. The second-order valence-electron chi connectivity index (χ2n) is 3.22. The van der Waals surface area contributed by atoms with E-state index in [2.05, 4.69) is 4.98 Å². The highest BCUT2D eigenvalue weighted by Crippen LogP contribution is 1.93. The van der Waals surface area contributed by atoms with E-state index in [1.165, 1.54) is 0 Å². The molecule has 0 atom stereocenters. The first-order valence-electron chi connectivity index (χ1n) is 4.24. The second-order valence-corrected chi connectivity index (χ2v) is 3.22. The van der Waals surface area contributed by atoms with Crippen LogP contribution in [0.15, 0.2) is 12.4 Å². The van der Waals surface area contributed by atoms with Gasteiger partial charge in [-0.15, -0.1) is 0 Å². The van der Waals surface area contributed by atoms with E-state index in [4.69, 9.17) is 4.65 Å². The number of imidazole rings is 1. The molecule has 0 amide bonds. The van der Waals surface area contributed by atoms with Gasteiger partial charge in [-0.25, -0.2) is 4.98 Å². The molecule has 4 heteroatoms. The fraction of sp³-hybridized carbons (Fsp3) is 0.625. The normalized spacial score (nSPS) is 10.8. The zero-order chi connectivity index (χ0) is 9.14. The van der Waals surface area contributed by atoms with Crippen molar-refractivity contribution in [1.29, 1.82) is 0 Å². The summed E-state index contributed by atoms with van der Waals surface area (Å²) in [5.74, 6) is 0. The van der Waals surface area contributed by atoms with Gasteiger partial charge in [0.15, 0.2) is 0 Å². The van der Waals surface area contributed by atoms with Crippen LogP contribution >= 0.6 is 0 Å². The van der Waals surface area contributed by atoms with Crippen LogP contribution in [0.4, 0.5) is 0 Å². The largest absolute Gasteiger partial charge is 0.426 e.